The third-order valence-electron chi connectivity index (χ3n) is 3.68. The summed E-state index contributed by atoms with van der Waals surface area (Å²) in [6.07, 6.45) is 0. The predicted molar refractivity (Wildman–Crippen MR) is 101 cm³/mol. The van der Waals surface area contributed by atoms with Crippen molar-refractivity contribution in [1.29, 1.82) is 0 Å². The first-order valence-electron chi connectivity index (χ1n) is 8.15. The van der Waals surface area contributed by atoms with Gasteiger partial charge in [-0.1, -0.05) is 12.1 Å². The number of carbonyl (C=O) groups excluding carboxylic acids is 2. The number of amides is 1. The van der Waals surface area contributed by atoms with Gasteiger partial charge in [0.15, 0.2) is 6.61 Å². The number of ether oxygens (including phenoxy) is 3. The minimum absolute atomic E-state index is 0.142. The van der Waals surface area contributed by atoms with Crippen molar-refractivity contribution in [3.8, 4) is 16.9 Å². The van der Waals surface area contributed by atoms with Crippen LogP contribution in [0.25, 0.3) is 11.1 Å². The molecule has 1 unspecified atom stereocenters. The van der Waals surface area contributed by atoms with Gasteiger partial charge in [0.1, 0.15) is 10.6 Å². The molecule has 0 fully saturated rings. The quantitative estimate of drug-likeness (QED) is 0.716. The van der Waals surface area contributed by atoms with Crippen LogP contribution in [-0.2, 0) is 14.3 Å². The van der Waals surface area contributed by atoms with Gasteiger partial charge in [0, 0.05) is 18.0 Å². The number of rotatable bonds is 8. The lowest BCUT2D eigenvalue weighted by Crippen LogP contribution is -2.38. The Morgan fingerprint density at radius 2 is 1.88 bits per heavy atom. The molecule has 2 aromatic rings. The molecule has 0 spiro atoms. The van der Waals surface area contributed by atoms with Crippen molar-refractivity contribution in [3.05, 3.63) is 40.1 Å². The Bertz CT molecular complexity index is 754. The molecule has 0 saturated heterocycles. The van der Waals surface area contributed by atoms with Gasteiger partial charge < -0.3 is 19.5 Å². The van der Waals surface area contributed by atoms with Crippen LogP contribution >= 0.6 is 11.3 Å². The summed E-state index contributed by atoms with van der Waals surface area (Å²) < 4.78 is 15.2. The largest absolute Gasteiger partial charge is 0.497 e. The Morgan fingerprint density at radius 3 is 2.50 bits per heavy atom. The monoisotopic (exact) mass is 377 g/mol. The molecule has 0 bridgehead atoms. The fourth-order valence-electron chi connectivity index (χ4n) is 2.45. The van der Waals surface area contributed by atoms with Crippen molar-refractivity contribution < 1.29 is 23.8 Å². The predicted octanol–water partition coefficient (Wildman–Crippen LogP) is 3.04. The van der Waals surface area contributed by atoms with E-state index in [1.807, 2.05) is 38.1 Å². The lowest BCUT2D eigenvalue weighted by Gasteiger charge is -2.12. The van der Waals surface area contributed by atoms with Crippen molar-refractivity contribution in [2.45, 2.75) is 19.9 Å². The number of carbonyl (C=O) groups is 2. The molecule has 0 aliphatic carbocycles. The smallest absolute Gasteiger partial charge is 0.348 e. The number of methoxy groups -OCH3 is 2. The number of benzene rings is 1. The molecule has 2 rings (SSSR count). The van der Waals surface area contributed by atoms with Gasteiger partial charge in [-0.25, -0.2) is 4.79 Å². The van der Waals surface area contributed by atoms with E-state index in [0.29, 0.717) is 11.5 Å². The minimum Gasteiger partial charge on any atom is -0.497 e. The zero-order chi connectivity index (χ0) is 19.1. The third-order valence-corrected chi connectivity index (χ3v) is 4.71. The molecular weight excluding hydrogens is 354 g/mol. The van der Waals surface area contributed by atoms with E-state index in [4.69, 9.17) is 14.2 Å². The Balaban J connectivity index is 1.98. The number of esters is 1. The van der Waals surface area contributed by atoms with Crippen LogP contribution in [0.15, 0.2) is 30.3 Å². The van der Waals surface area contributed by atoms with E-state index >= 15 is 0 Å². The van der Waals surface area contributed by atoms with Gasteiger partial charge in [-0.2, -0.15) is 0 Å². The molecular formula is C19H23NO5S. The van der Waals surface area contributed by atoms with Crippen molar-refractivity contribution in [2.24, 2.45) is 0 Å². The zero-order valence-electron chi connectivity index (χ0n) is 15.3. The average Bonchev–Trinajstić information content (AvgIpc) is 3.01. The van der Waals surface area contributed by atoms with Gasteiger partial charge >= 0.3 is 5.97 Å². The van der Waals surface area contributed by atoms with Crippen LogP contribution in [-0.4, -0.2) is 45.4 Å². The van der Waals surface area contributed by atoms with Crippen LogP contribution in [0.1, 0.15) is 21.5 Å². The van der Waals surface area contributed by atoms with Crippen LogP contribution in [0, 0.1) is 6.92 Å². The first kappa shape index (κ1) is 19.9. The van der Waals surface area contributed by atoms with Crippen LogP contribution in [0.5, 0.6) is 5.75 Å². The molecule has 0 radical (unpaired) electrons. The highest BCUT2D eigenvalue weighted by Crippen LogP contribution is 2.32. The second-order valence-electron chi connectivity index (χ2n) is 5.81. The molecule has 0 aliphatic rings. The first-order chi connectivity index (χ1) is 12.4. The Morgan fingerprint density at radius 1 is 1.19 bits per heavy atom. The molecule has 0 aliphatic heterocycles. The Hall–Kier alpha value is -2.38. The molecule has 1 N–H and O–H groups in total. The molecule has 1 aromatic heterocycles. The molecule has 26 heavy (non-hydrogen) atoms. The van der Waals surface area contributed by atoms with E-state index in [1.165, 1.54) is 11.3 Å². The van der Waals surface area contributed by atoms with E-state index in [2.05, 4.69) is 5.32 Å². The number of hydrogen-bond acceptors (Lipinski definition) is 6. The maximum absolute atomic E-state index is 12.2. The van der Waals surface area contributed by atoms with Crippen LogP contribution < -0.4 is 10.1 Å². The maximum atomic E-state index is 12.2. The molecule has 1 atom stereocenters. The summed E-state index contributed by atoms with van der Waals surface area (Å²) >= 11 is 1.34. The Labute approximate surface area is 157 Å². The highest BCUT2D eigenvalue weighted by molar-refractivity contribution is 7.14. The van der Waals surface area contributed by atoms with E-state index in [0.717, 1.165) is 21.8 Å². The summed E-state index contributed by atoms with van der Waals surface area (Å²) in [5, 5.41) is 2.69. The van der Waals surface area contributed by atoms with Gasteiger partial charge in [-0.05, 0) is 43.2 Å². The van der Waals surface area contributed by atoms with Crippen LogP contribution in [0.4, 0.5) is 0 Å². The zero-order valence-corrected chi connectivity index (χ0v) is 16.1. The van der Waals surface area contributed by atoms with Gasteiger partial charge in [0.2, 0.25) is 0 Å². The molecule has 7 heteroatoms. The van der Waals surface area contributed by atoms with E-state index in [-0.39, 0.29) is 18.6 Å². The fourth-order valence-corrected chi connectivity index (χ4v) is 3.39. The Kier molecular flexibility index (Phi) is 7.17. The molecule has 140 valence electrons. The summed E-state index contributed by atoms with van der Waals surface area (Å²) in [5.41, 5.74) is 1.95. The molecule has 1 amide bonds. The number of aryl methyl sites for hydroxylation is 1. The highest BCUT2D eigenvalue weighted by atomic mass is 32.1. The summed E-state index contributed by atoms with van der Waals surface area (Å²) in [6, 6.07) is 9.26. The lowest BCUT2D eigenvalue weighted by molar-refractivity contribution is -0.125. The fraction of sp³-hybridized carbons (Fsp3) is 0.368. The van der Waals surface area contributed by atoms with E-state index in [1.54, 1.807) is 20.3 Å². The molecule has 6 nitrogen and oxygen atoms in total. The SMILES string of the molecule is COCC(C)NC(=O)COC(=O)c1cc(-c2ccc(OC)cc2)c(C)s1. The average molecular weight is 377 g/mol. The van der Waals surface area contributed by atoms with Gasteiger partial charge in [-0.15, -0.1) is 11.3 Å². The van der Waals surface area contributed by atoms with E-state index in [9.17, 15) is 9.59 Å². The number of thiophene rings is 1. The van der Waals surface area contributed by atoms with Crippen molar-refractivity contribution in [3.63, 3.8) is 0 Å². The number of hydrogen-bond donors (Lipinski definition) is 1. The van der Waals surface area contributed by atoms with E-state index < -0.39 is 5.97 Å². The molecule has 0 saturated carbocycles. The van der Waals surface area contributed by atoms with Gasteiger partial charge in [-0.3, -0.25) is 4.79 Å². The lowest BCUT2D eigenvalue weighted by atomic mass is 10.1. The first-order valence-corrected chi connectivity index (χ1v) is 8.96. The molecule has 1 aromatic carbocycles. The van der Waals surface area contributed by atoms with Crippen molar-refractivity contribution in [1.82, 2.24) is 5.32 Å². The maximum Gasteiger partial charge on any atom is 0.348 e. The van der Waals surface area contributed by atoms with Crippen molar-refractivity contribution in [2.75, 3.05) is 27.4 Å². The van der Waals surface area contributed by atoms with Crippen LogP contribution in [0.3, 0.4) is 0 Å². The summed E-state index contributed by atoms with van der Waals surface area (Å²) in [6.45, 7) is 3.84. The minimum atomic E-state index is -0.507. The standard InChI is InChI=1S/C19H23NO5S/c1-12(10-23-3)20-18(21)11-25-19(22)17-9-16(13(2)26-17)14-5-7-15(24-4)8-6-14/h5-9,12H,10-11H2,1-4H3,(H,20,21). The van der Waals surface area contributed by atoms with Gasteiger partial charge in [0.05, 0.1) is 13.7 Å². The highest BCUT2D eigenvalue weighted by Gasteiger charge is 2.17. The normalized spacial score (nSPS) is 11.7. The summed E-state index contributed by atoms with van der Waals surface area (Å²) in [4.78, 5) is 25.5. The van der Waals surface area contributed by atoms with Crippen molar-refractivity contribution >= 4 is 23.2 Å². The number of nitrogens with one attached hydrogen (secondary N) is 1. The summed E-state index contributed by atoms with van der Waals surface area (Å²) in [7, 11) is 3.17. The summed E-state index contributed by atoms with van der Waals surface area (Å²) in [5.74, 6) is -0.0889. The third kappa shape index (κ3) is 5.31. The second kappa shape index (κ2) is 9.35. The van der Waals surface area contributed by atoms with Gasteiger partial charge in [0.25, 0.3) is 5.91 Å². The topological polar surface area (TPSA) is 73.9 Å². The molecule has 1 heterocycles. The second-order valence-corrected chi connectivity index (χ2v) is 7.07. The van der Waals surface area contributed by atoms with Crippen LogP contribution in [0.2, 0.25) is 0 Å².